The molecule has 1 aromatic carbocycles. The summed E-state index contributed by atoms with van der Waals surface area (Å²) >= 11 is 0. The number of ether oxygens (including phenoxy) is 2. The molecule has 1 aromatic rings. The fourth-order valence-electron chi connectivity index (χ4n) is 3.43. The largest absolute Gasteiger partial charge is 0.491 e. The first-order chi connectivity index (χ1) is 16.1. The summed E-state index contributed by atoms with van der Waals surface area (Å²) in [6, 6.07) is 4.43. The SMILES string of the molecule is CC(C)OC(=O)CCCC=CC[C@H]1C=CC(=O)[C@H]1C=C[C@@H](O)COc1cccc(C(F)(F)F)c1. The van der Waals surface area contributed by atoms with Gasteiger partial charge in [0.05, 0.1) is 11.7 Å². The Morgan fingerprint density at radius 1 is 1.24 bits per heavy atom. The highest BCUT2D eigenvalue weighted by molar-refractivity contribution is 5.95. The van der Waals surface area contributed by atoms with Crippen LogP contribution in [0.2, 0.25) is 0 Å². The number of carbonyl (C=O) groups excluding carboxylic acids is 2. The van der Waals surface area contributed by atoms with Crippen molar-refractivity contribution in [3.8, 4) is 5.75 Å². The van der Waals surface area contributed by atoms with Gasteiger partial charge in [-0.1, -0.05) is 36.4 Å². The molecule has 1 N–H and O–H groups in total. The molecule has 1 aliphatic carbocycles. The molecule has 0 saturated heterocycles. The zero-order valence-corrected chi connectivity index (χ0v) is 19.3. The third kappa shape index (κ3) is 9.55. The molecule has 34 heavy (non-hydrogen) atoms. The van der Waals surface area contributed by atoms with Crippen LogP contribution in [0, 0.1) is 11.8 Å². The summed E-state index contributed by atoms with van der Waals surface area (Å²) in [7, 11) is 0. The first-order valence-corrected chi connectivity index (χ1v) is 11.3. The van der Waals surface area contributed by atoms with Crippen LogP contribution in [0.25, 0.3) is 0 Å². The topological polar surface area (TPSA) is 72.8 Å². The third-order valence-electron chi connectivity index (χ3n) is 5.11. The third-order valence-corrected chi connectivity index (χ3v) is 5.11. The first-order valence-electron chi connectivity index (χ1n) is 11.3. The number of carbonyl (C=O) groups is 2. The summed E-state index contributed by atoms with van der Waals surface area (Å²) < 4.78 is 48.7. The molecule has 0 heterocycles. The normalized spacial score (nSPS) is 19.4. The van der Waals surface area contributed by atoms with Crippen molar-refractivity contribution in [3.63, 3.8) is 0 Å². The molecule has 8 heteroatoms. The maximum atomic E-state index is 12.8. The highest BCUT2D eigenvalue weighted by atomic mass is 19.4. The lowest BCUT2D eigenvalue weighted by Crippen LogP contribution is -2.18. The molecule has 0 amide bonds. The molecule has 3 atom stereocenters. The van der Waals surface area contributed by atoms with E-state index in [1.807, 2.05) is 32.1 Å². The quantitative estimate of drug-likeness (QED) is 0.245. The van der Waals surface area contributed by atoms with E-state index in [-0.39, 0.29) is 36.1 Å². The van der Waals surface area contributed by atoms with Gasteiger partial charge in [-0.3, -0.25) is 9.59 Å². The van der Waals surface area contributed by atoms with E-state index in [1.165, 1.54) is 24.3 Å². The molecule has 0 saturated carbocycles. The minimum absolute atomic E-state index is 0.00127. The van der Waals surface area contributed by atoms with Crippen molar-refractivity contribution >= 4 is 11.8 Å². The van der Waals surface area contributed by atoms with E-state index in [1.54, 1.807) is 6.08 Å². The number of ketones is 1. The highest BCUT2D eigenvalue weighted by Crippen LogP contribution is 2.31. The molecule has 0 fully saturated rings. The van der Waals surface area contributed by atoms with Crippen LogP contribution in [0.4, 0.5) is 13.2 Å². The van der Waals surface area contributed by atoms with Crippen LogP contribution < -0.4 is 4.74 Å². The van der Waals surface area contributed by atoms with Gasteiger partial charge in [0.15, 0.2) is 5.78 Å². The maximum absolute atomic E-state index is 12.8. The Balaban J connectivity index is 1.78. The number of unbranched alkanes of at least 4 members (excludes halogenated alkanes) is 1. The highest BCUT2D eigenvalue weighted by Gasteiger charge is 2.30. The van der Waals surface area contributed by atoms with Gasteiger partial charge in [-0.05, 0) is 63.3 Å². The standard InChI is InChI=1S/C26H31F3O5/c1-18(2)34-25(32)11-6-4-3-5-8-19-12-15-24(31)23(19)14-13-21(30)17-33-22-10-7-9-20(16-22)26(27,28)29/h3,5,7,9-10,12-16,18-19,21,23,30H,4,6,8,11,17H2,1-2H3/t19-,21+,23-/m0/s1. The van der Waals surface area contributed by atoms with Crippen LogP contribution in [0.15, 0.2) is 60.7 Å². The number of esters is 1. The van der Waals surface area contributed by atoms with Crippen LogP contribution in [-0.2, 0) is 20.5 Å². The predicted molar refractivity (Wildman–Crippen MR) is 122 cm³/mol. The van der Waals surface area contributed by atoms with Crippen LogP contribution in [0.3, 0.4) is 0 Å². The number of allylic oxidation sites excluding steroid dienone is 5. The van der Waals surface area contributed by atoms with Crippen LogP contribution in [0.5, 0.6) is 5.75 Å². The van der Waals surface area contributed by atoms with Crippen molar-refractivity contribution in [2.75, 3.05) is 6.61 Å². The van der Waals surface area contributed by atoms with Gasteiger partial charge >= 0.3 is 12.1 Å². The zero-order valence-electron chi connectivity index (χ0n) is 19.3. The molecular formula is C26H31F3O5. The molecule has 5 nitrogen and oxygen atoms in total. The molecule has 0 radical (unpaired) electrons. The average Bonchev–Trinajstić information content (AvgIpc) is 3.11. The molecular weight excluding hydrogens is 449 g/mol. The van der Waals surface area contributed by atoms with Crippen molar-refractivity contribution < 1.29 is 37.3 Å². The summed E-state index contributed by atoms with van der Waals surface area (Å²) in [4.78, 5) is 23.7. The van der Waals surface area contributed by atoms with Crippen molar-refractivity contribution in [3.05, 3.63) is 66.3 Å². The van der Waals surface area contributed by atoms with E-state index < -0.39 is 23.8 Å². The molecule has 186 valence electrons. The van der Waals surface area contributed by atoms with Crippen molar-refractivity contribution in [1.82, 2.24) is 0 Å². The number of aliphatic hydroxyl groups is 1. The summed E-state index contributed by atoms with van der Waals surface area (Å²) in [6.45, 7) is 3.37. The molecule has 2 rings (SSSR count). The van der Waals surface area contributed by atoms with E-state index in [2.05, 4.69) is 0 Å². The van der Waals surface area contributed by atoms with Gasteiger partial charge in [-0.25, -0.2) is 0 Å². The lowest BCUT2D eigenvalue weighted by Gasteiger charge is -2.14. The minimum atomic E-state index is -4.48. The molecule has 1 aliphatic rings. The van der Waals surface area contributed by atoms with Gasteiger partial charge in [-0.15, -0.1) is 0 Å². The van der Waals surface area contributed by atoms with E-state index >= 15 is 0 Å². The maximum Gasteiger partial charge on any atom is 0.416 e. The van der Waals surface area contributed by atoms with E-state index in [9.17, 15) is 27.9 Å². The summed E-state index contributed by atoms with van der Waals surface area (Å²) in [5.74, 6) is -0.761. The lowest BCUT2D eigenvalue weighted by atomic mass is 9.91. The van der Waals surface area contributed by atoms with E-state index in [0.29, 0.717) is 19.3 Å². The first kappa shape index (κ1) is 27.4. The summed E-state index contributed by atoms with van der Waals surface area (Å²) in [6.07, 6.45) is 7.05. The number of aliphatic hydroxyl groups excluding tert-OH is 1. The number of benzene rings is 1. The molecule has 0 bridgehead atoms. The van der Waals surface area contributed by atoms with Gasteiger partial charge < -0.3 is 14.6 Å². The molecule has 0 unspecified atom stereocenters. The Morgan fingerprint density at radius 2 is 2.00 bits per heavy atom. The molecule has 0 aliphatic heterocycles. The Bertz CT molecular complexity index is 902. The summed E-state index contributed by atoms with van der Waals surface area (Å²) in [5, 5.41) is 10.1. The summed E-state index contributed by atoms with van der Waals surface area (Å²) in [5.41, 5.74) is -0.830. The van der Waals surface area contributed by atoms with Crippen molar-refractivity contribution in [2.24, 2.45) is 11.8 Å². The fraction of sp³-hybridized carbons (Fsp3) is 0.462. The molecule has 0 aromatic heterocycles. The monoisotopic (exact) mass is 480 g/mol. The number of rotatable bonds is 12. The van der Waals surface area contributed by atoms with E-state index in [0.717, 1.165) is 18.6 Å². The second kappa shape index (κ2) is 13.1. The Morgan fingerprint density at radius 3 is 2.71 bits per heavy atom. The van der Waals surface area contributed by atoms with E-state index in [4.69, 9.17) is 9.47 Å². The Kier molecular flexibility index (Phi) is 10.6. The number of alkyl halides is 3. The lowest BCUT2D eigenvalue weighted by molar-refractivity contribution is -0.147. The number of halogens is 3. The van der Waals surface area contributed by atoms with Gasteiger partial charge in [0.25, 0.3) is 0 Å². The Hall–Kier alpha value is -2.87. The van der Waals surface area contributed by atoms with Crippen LogP contribution in [-0.4, -0.2) is 35.7 Å². The number of hydrogen-bond acceptors (Lipinski definition) is 5. The van der Waals surface area contributed by atoms with Crippen molar-refractivity contribution in [1.29, 1.82) is 0 Å². The van der Waals surface area contributed by atoms with Crippen molar-refractivity contribution in [2.45, 2.75) is 57.9 Å². The second-order valence-electron chi connectivity index (χ2n) is 8.38. The second-order valence-corrected chi connectivity index (χ2v) is 8.38. The van der Waals surface area contributed by atoms with Gasteiger partial charge in [0.1, 0.15) is 18.5 Å². The molecule has 0 spiro atoms. The van der Waals surface area contributed by atoms with Crippen LogP contribution in [0.1, 0.15) is 45.1 Å². The Labute approximate surface area is 197 Å². The zero-order chi connectivity index (χ0) is 25.1. The smallest absolute Gasteiger partial charge is 0.416 e. The minimum Gasteiger partial charge on any atom is -0.491 e. The van der Waals surface area contributed by atoms with Crippen LogP contribution >= 0.6 is 0 Å². The van der Waals surface area contributed by atoms with Gasteiger partial charge in [-0.2, -0.15) is 13.2 Å². The van der Waals surface area contributed by atoms with Gasteiger partial charge in [0.2, 0.25) is 0 Å². The average molecular weight is 481 g/mol. The number of hydrogen-bond donors (Lipinski definition) is 1. The predicted octanol–water partition coefficient (Wildman–Crippen LogP) is 5.44. The fourth-order valence-corrected chi connectivity index (χ4v) is 3.43. The van der Waals surface area contributed by atoms with Gasteiger partial charge in [0, 0.05) is 12.3 Å².